The highest BCUT2D eigenvalue weighted by Crippen LogP contribution is 2.29. The van der Waals surface area contributed by atoms with Crippen molar-refractivity contribution >= 4 is 51.8 Å². The lowest BCUT2D eigenvalue weighted by Gasteiger charge is -2.28. The smallest absolute Gasteiger partial charge is 0.264 e. The lowest BCUT2D eigenvalue weighted by Crippen LogP contribution is -2.50. The molecule has 1 saturated heterocycles. The topological polar surface area (TPSA) is 166 Å². The number of amides is 1. The van der Waals surface area contributed by atoms with E-state index in [0.717, 1.165) is 16.7 Å². The molecule has 0 spiro atoms. The molecule has 4 atom stereocenters. The average Bonchev–Trinajstić information content (AvgIpc) is 3.80. The summed E-state index contributed by atoms with van der Waals surface area (Å²) in [6.45, 7) is 0.533. The number of likely N-dealkylation sites (tertiary alicyclic amines) is 1. The summed E-state index contributed by atoms with van der Waals surface area (Å²) in [4.78, 5) is 53.0. The number of hydrogen-bond acceptors (Lipinski definition) is 8. The third kappa shape index (κ3) is 9.75. The molecule has 5 N–H and O–H groups in total. The number of guanidine groups is 1. The number of nitrogens with one attached hydrogen (secondary N) is 1. The van der Waals surface area contributed by atoms with Crippen LogP contribution in [0, 0.1) is 5.92 Å². The second kappa shape index (κ2) is 17.4. The number of rotatable bonds is 16. The number of benzene rings is 4. The fourth-order valence-corrected chi connectivity index (χ4v) is 6.86. The molecule has 1 aliphatic rings. The zero-order valence-corrected chi connectivity index (χ0v) is 30.2. The maximum Gasteiger partial charge on any atom is 0.264 e. The van der Waals surface area contributed by atoms with Gasteiger partial charge in [0.1, 0.15) is 5.52 Å². The van der Waals surface area contributed by atoms with Crippen molar-refractivity contribution in [2.45, 2.75) is 56.9 Å². The zero-order chi connectivity index (χ0) is 37.3. The van der Waals surface area contributed by atoms with Crippen LogP contribution < -0.4 is 16.8 Å². The molecule has 0 aliphatic carbocycles. The molecule has 0 unspecified atom stereocenters. The Labute approximate surface area is 313 Å². The Morgan fingerprint density at radius 3 is 2.34 bits per heavy atom. The molecule has 1 aromatic heterocycles. The summed E-state index contributed by atoms with van der Waals surface area (Å²) in [5, 5.41) is 3.80. The number of ether oxygens (including phenoxy) is 1. The van der Waals surface area contributed by atoms with Crippen LogP contribution in [0.25, 0.3) is 11.1 Å². The van der Waals surface area contributed by atoms with E-state index in [0.29, 0.717) is 47.7 Å². The number of halogens is 1. The van der Waals surface area contributed by atoms with Gasteiger partial charge in [-0.1, -0.05) is 78.3 Å². The van der Waals surface area contributed by atoms with E-state index in [4.69, 9.17) is 32.2 Å². The van der Waals surface area contributed by atoms with Crippen molar-refractivity contribution in [2.24, 2.45) is 22.4 Å². The lowest BCUT2D eigenvalue weighted by atomic mass is 9.88. The van der Waals surface area contributed by atoms with Crippen molar-refractivity contribution in [3.05, 3.63) is 131 Å². The highest BCUT2D eigenvalue weighted by Gasteiger charge is 2.43. The first-order chi connectivity index (χ1) is 25.7. The first-order valence-corrected chi connectivity index (χ1v) is 18.0. The summed E-state index contributed by atoms with van der Waals surface area (Å²) in [5.74, 6) is -1.78. The van der Waals surface area contributed by atoms with E-state index in [2.05, 4.69) is 15.3 Å². The Bertz CT molecular complexity index is 2010. The van der Waals surface area contributed by atoms with E-state index < -0.39 is 29.9 Å². The van der Waals surface area contributed by atoms with Crippen LogP contribution in [0.4, 0.5) is 5.69 Å². The summed E-state index contributed by atoms with van der Waals surface area (Å²) in [6, 6.07) is 30.2. The molecule has 4 aromatic carbocycles. The quantitative estimate of drug-likeness (QED) is 0.0646. The number of oxazole rings is 1. The number of aryl methyl sites for hydroxylation is 1. The second-order valence-corrected chi connectivity index (χ2v) is 13.7. The third-order valence-corrected chi connectivity index (χ3v) is 9.78. The Morgan fingerprint density at radius 2 is 1.64 bits per heavy atom. The third-order valence-electron chi connectivity index (χ3n) is 9.53. The number of nitrogens with zero attached hydrogens (tertiary/aromatic N) is 3. The summed E-state index contributed by atoms with van der Waals surface area (Å²) >= 11 is 6.08. The molecule has 5 aromatic rings. The number of fused-ring (bicyclic) bond motifs is 1. The van der Waals surface area contributed by atoms with E-state index in [9.17, 15) is 14.4 Å². The van der Waals surface area contributed by atoms with Gasteiger partial charge in [-0.25, -0.2) is 9.98 Å². The Balaban J connectivity index is 1.25. The SMILES string of the molecule is CN[C@H](CCc1ccccc1)C(=O)N1C[C@H](OCc2ccc(Cl)cc2)C[C@H]1C(=O)C[C@@H](Cc1ccc(N=C(N)N)cc1)C(=O)c1nc2ccccc2o1. The van der Waals surface area contributed by atoms with E-state index >= 15 is 0 Å². The molecule has 0 saturated carbocycles. The minimum Gasteiger partial charge on any atom is -0.434 e. The van der Waals surface area contributed by atoms with Gasteiger partial charge in [0.15, 0.2) is 17.3 Å². The molecule has 0 radical (unpaired) electrons. The largest absolute Gasteiger partial charge is 0.434 e. The number of Topliss-reactive ketones (excluding diaryl/α,β-unsaturated/α-hetero) is 2. The predicted molar refractivity (Wildman–Crippen MR) is 205 cm³/mol. The van der Waals surface area contributed by atoms with E-state index in [1.54, 1.807) is 54.4 Å². The maximum absolute atomic E-state index is 14.5. The standard InChI is InChI=1S/C41H43ClN6O5/c1-45-34(20-15-26-7-3-2-4-8-26)40(51)48-24-32(52-25-28-11-16-30(42)17-12-28)23-35(48)36(49)22-29(21-27-13-18-31(19-14-27)46-41(43)44)38(50)39-47-33-9-5-6-10-37(33)53-39/h2-14,16-19,29,32,34-35,45H,15,20-25H2,1H3,(H4,43,44,46)/t29-,32-,34-,35+/m1/s1. The van der Waals surface area contributed by atoms with Gasteiger partial charge in [0.05, 0.1) is 30.5 Å². The van der Waals surface area contributed by atoms with Crippen molar-refractivity contribution in [1.29, 1.82) is 0 Å². The van der Waals surface area contributed by atoms with Gasteiger partial charge in [-0.3, -0.25) is 14.4 Å². The molecule has 1 aliphatic heterocycles. The first-order valence-electron chi connectivity index (χ1n) is 17.7. The van der Waals surface area contributed by atoms with Gasteiger partial charge in [0.2, 0.25) is 11.7 Å². The van der Waals surface area contributed by atoms with Crippen molar-refractivity contribution < 1.29 is 23.5 Å². The van der Waals surface area contributed by atoms with E-state index in [1.807, 2.05) is 60.7 Å². The van der Waals surface area contributed by atoms with Crippen LogP contribution in [0.5, 0.6) is 0 Å². The highest BCUT2D eigenvalue weighted by molar-refractivity contribution is 6.30. The van der Waals surface area contributed by atoms with E-state index in [-0.39, 0.29) is 42.9 Å². The second-order valence-electron chi connectivity index (χ2n) is 13.3. The summed E-state index contributed by atoms with van der Waals surface area (Å²) in [6.07, 6.45) is 1.21. The van der Waals surface area contributed by atoms with Gasteiger partial charge in [-0.2, -0.15) is 0 Å². The molecule has 274 valence electrons. The number of carbonyl (C=O) groups excluding carboxylic acids is 3. The van der Waals surface area contributed by atoms with Crippen molar-refractivity contribution in [3.8, 4) is 0 Å². The van der Waals surface area contributed by atoms with Gasteiger partial charge in [-0.15, -0.1) is 0 Å². The summed E-state index contributed by atoms with van der Waals surface area (Å²) in [5.41, 5.74) is 15.5. The van der Waals surface area contributed by atoms with Gasteiger partial charge in [-0.05, 0) is 79.4 Å². The van der Waals surface area contributed by atoms with Crippen LogP contribution in [0.1, 0.15) is 46.6 Å². The van der Waals surface area contributed by atoms with Crippen LogP contribution in [-0.4, -0.2) is 65.1 Å². The molecular formula is C41H43ClN6O5. The summed E-state index contributed by atoms with van der Waals surface area (Å²) in [7, 11) is 1.75. The molecule has 0 bridgehead atoms. The number of aliphatic imine (C=N–C) groups is 1. The molecule has 12 heteroatoms. The molecule has 1 amide bonds. The van der Waals surface area contributed by atoms with Crippen LogP contribution in [0.15, 0.2) is 113 Å². The average molecular weight is 735 g/mol. The van der Waals surface area contributed by atoms with Crippen LogP contribution >= 0.6 is 11.6 Å². The van der Waals surface area contributed by atoms with Gasteiger partial charge < -0.3 is 30.8 Å². The fraction of sp³-hybridized carbons (Fsp3) is 0.293. The number of hydrogen-bond donors (Lipinski definition) is 3. The van der Waals surface area contributed by atoms with Crippen LogP contribution in [-0.2, 0) is 33.8 Å². The lowest BCUT2D eigenvalue weighted by molar-refractivity contribution is -0.139. The van der Waals surface area contributed by atoms with E-state index in [1.165, 1.54) is 0 Å². The minimum absolute atomic E-state index is 0.0687. The molecule has 2 heterocycles. The Kier molecular flexibility index (Phi) is 12.3. The number of ketones is 2. The van der Waals surface area contributed by atoms with Gasteiger partial charge >= 0.3 is 0 Å². The maximum atomic E-state index is 14.5. The Morgan fingerprint density at radius 1 is 0.943 bits per heavy atom. The molecule has 1 fully saturated rings. The predicted octanol–water partition coefficient (Wildman–Crippen LogP) is 5.79. The highest BCUT2D eigenvalue weighted by atomic mass is 35.5. The molecule has 6 rings (SSSR count). The van der Waals surface area contributed by atoms with Crippen LogP contribution in [0.3, 0.4) is 0 Å². The van der Waals surface area contributed by atoms with Gasteiger partial charge in [0, 0.05) is 30.3 Å². The van der Waals surface area contributed by atoms with Crippen molar-refractivity contribution in [1.82, 2.24) is 15.2 Å². The zero-order valence-electron chi connectivity index (χ0n) is 29.5. The normalized spacial score (nSPS) is 16.7. The number of carbonyl (C=O) groups is 3. The monoisotopic (exact) mass is 734 g/mol. The van der Waals surface area contributed by atoms with Crippen LogP contribution in [0.2, 0.25) is 5.02 Å². The van der Waals surface area contributed by atoms with Gasteiger partial charge in [0.25, 0.3) is 5.89 Å². The molecular weight excluding hydrogens is 692 g/mol. The van der Waals surface area contributed by atoms with Crippen molar-refractivity contribution in [3.63, 3.8) is 0 Å². The van der Waals surface area contributed by atoms with Crippen molar-refractivity contribution in [2.75, 3.05) is 13.6 Å². The number of likely N-dealkylation sites (N-methyl/N-ethyl adjacent to an activating group) is 1. The minimum atomic E-state index is -0.825. The summed E-state index contributed by atoms with van der Waals surface area (Å²) < 4.78 is 12.2. The fourth-order valence-electron chi connectivity index (χ4n) is 6.74. The number of nitrogens with two attached hydrogens (primary N) is 2. The number of para-hydroxylation sites is 2. The Hall–Kier alpha value is -5.36. The number of aromatic nitrogens is 1. The first kappa shape index (κ1) is 37.4. The molecule has 53 heavy (non-hydrogen) atoms. The molecule has 11 nitrogen and oxygen atoms in total.